The second-order valence-electron chi connectivity index (χ2n) is 4.15. The first-order valence-corrected chi connectivity index (χ1v) is 6.29. The van der Waals surface area contributed by atoms with Crippen molar-refractivity contribution in [3.05, 3.63) is 29.3 Å². The number of halogens is 1. The molecule has 0 aliphatic heterocycles. The molecule has 4 heteroatoms. The summed E-state index contributed by atoms with van der Waals surface area (Å²) >= 11 is 5.84. The molecule has 1 atom stereocenters. The van der Waals surface area contributed by atoms with Crippen LogP contribution in [0.15, 0.2) is 24.3 Å². The summed E-state index contributed by atoms with van der Waals surface area (Å²) in [4.78, 5) is 11.8. The molecule has 1 amide bonds. The van der Waals surface area contributed by atoms with Crippen LogP contribution in [0.3, 0.4) is 0 Å². The summed E-state index contributed by atoms with van der Waals surface area (Å²) in [5.41, 5.74) is 6.35. The highest BCUT2D eigenvalue weighted by Gasteiger charge is 2.11. The molecule has 0 fully saturated rings. The summed E-state index contributed by atoms with van der Waals surface area (Å²) in [6, 6.07) is 7.14. The highest BCUT2D eigenvalue weighted by atomic mass is 35.5. The molecule has 0 aliphatic rings. The molecule has 1 unspecified atom stereocenters. The van der Waals surface area contributed by atoms with Crippen LogP contribution in [0.5, 0.6) is 0 Å². The molecule has 3 nitrogen and oxygen atoms in total. The van der Waals surface area contributed by atoms with Gasteiger partial charge in [0.05, 0.1) is 0 Å². The maximum atomic E-state index is 11.8. The first-order valence-electron chi connectivity index (χ1n) is 5.91. The molecular weight excluding hydrogens is 236 g/mol. The first kappa shape index (κ1) is 14.0. The first-order chi connectivity index (χ1) is 8.15. The number of anilines is 1. The predicted molar refractivity (Wildman–Crippen MR) is 72.2 cm³/mol. The largest absolute Gasteiger partial charge is 0.330 e. The minimum Gasteiger partial charge on any atom is -0.330 e. The maximum Gasteiger partial charge on any atom is 0.224 e. The Balaban J connectivity index is 2.49. The minimum absolute atomic E-state index is 0.00355. The quantitative estimate of drug-likeness (QED) is 0.820. The van der Waals surface area contributed by atoms with Crippen molar-refractivity contribution in [3.8, 4) is 0 Å². The van der Waals surface area contributed by atoms with Crippen LogP contribution in [-0.2, 0) is 4.79 Å². The average molecular weight is 255 g/mol. The van der Waals surface area contributed by atoms with Crippen molar-refractivity contribution in [2.24, 2.45) is 11.7 Å². The van der Waals surface area contributed by atoms with E-state index in [0.717, 1.165) is 18.5 Å². The number of hydrogen-bond acceptors (Lipinski definition) is 2. The van der Waals surface area contributed by atoms with Crippen LogP contribution in [0.4, 0.5) is 5.69 Å². The van der Waals surface area contributed by atoms with Crippen LogP contribution in [0.25, 0.3) is 0 Å². The maximum absolute atomic E-state index is 11.8. The lowest BCUT2D eigenvalue weighted by Gasteiger charge is -2.13. The van der Waals surface area contributed by atoms with Crippen LogP contribution in [0.2, 0.25) is 5.02 Å². The lowest BCUT2D eigenvalue weighted by molar-refractivity contribution is -0.117. The number of carbonyl (C=O) groups is 1. The summed E-state index contributed by atoms with van der Waals surface area (Å²) in [5.74, 6) is 0.260. The van der Waals surface area contributed by atoms with E-state index in [1.165, 1.54) is 0 Å². The number of amides is 1. The second kappa shape index (κ2) is 7.30. The second-order valence-corrected chi connectivity index (χ2v) is 4.59. The molecule has 1 aromatic rings. The van der Waals surface area contributed by atoms with Gasteiger partial charge in [-0.05, 0) is 37.1 Å². The highest BCUT2D eigenvalue weighted by molar-refractivity contribution is 6.30. The minimum atomic E-state index is -0.00355. The van der Waals surface area contributed by atoms with Crippen LogP contribution in [-0.4, -0.2) is 12.5 Å². The van der Waals surface area contributed by atoms with Crippen molar-refractivity contribution in [2.45, 2.75) is 26.2 Å². The number of rotatable bonds is 6. The standard InChI is InChI=1S/C13H19ClN2O/c1-2-4-10(9-15)7-13(17)16-12-6-3-5-11(14)8-12/h3,5-6,8,10H,2,4,7,9,15H2,1H3,(H,16,17). The molecule has 0 saturated heterocycles. The molecular formula is C13H19ClN2O. The summed E-state index contributed by atoms with van der Waals surface area (Å²) in [6.45, 7) is 2.65. The number of nitrogens with one attached hydrogen (secondary N) is 1. The number of nitrogens with two attached hydrogens (primary N) is 1. The number of hydrogen-bond donors (Lipinski definition) is 2. The van der Waals surface area contributed by atoms with Gasteiger partial charge in [0.2, 0.25) is 5.91 Å². The summed E-state index contributed by atoms with van der Waals surface area (Å²) in [5, 5.41) is 3.44. The van der Waals surface area contributed by atoms with Crippen molar-refractivity contribution < 1.29 is 4.79 Å². The molecule has 0 saturated carbocycles. The van der Waals surface area contributed by atoms with E-state index in [2.05, 4.69) is 12.2 Å². The molecule has 0 aromatic heterocycles. The molecule has 94 valence electrons. The van der Waals surface area contributed by atoms with Crippen LogP contribution >= 0.6 is 11.6 Å². The van der Waals surface area contributed by atoms with Gasteiger partial charge in [0, 0.05) is 17.1 Å². The number of benzene rings is 1. The van der Waals surface area contributed by atoms with Crippen molar-refractivity contribution in [2.75, 3.05) is 11.9 Å². The van der Waals surface area contributed by atoms with Crippen LogP contribution in [0.1, 0.15) is 26.2 Å². The zero-order chi connectivity index (χ0) is 12.7. The lowest BCUT2D eigenvalue weighted by atomic mass is 10.00. The molecule has 0 radical (unpaired) electrons. The average Bonchev–Trinajstić information content (AvgIpc) is 2.28. The van der Waals surface area contributed by atoms with E-state index in [1.54, 1.807) is 12.1 Å². The summed E-state index contributed by atoms with van der Waals surface area (Å²) in [7, 11) is 0. The Morgan fingerprint density at radius 2 is 2.29 bits per heavy atom. The van der Waals surface area contributed by atoms with Gasteiger partial charge in [-0.3, -0.25) is 4.79 Å². The van der Waals surface area contributed by atoms with E-state index < -0.39 is 0 Å². The van der Waals surface area contributed by atoms with Gasteiger partial charge in [-0.2, -0.15) is 0 Å². The molecule has 0 spiro atoms. The Hall–Kier alpha value is -1.06. The summed E-state index contributed by atoms with van der Waals surface area (Å²) < 4.78 is 0. The van der Waals surface area contributed by atoms with E-state index in [-0.39, 0.29) is 11.8 Å². The van der Waals surface area contributed by atoms with Gasteiger partial charge in [0.25, 0.3) is 0 Å². The van der Waals surface area contributed by atoms with Gasteiger partial charge in [0.15, 0.2) is 0 Å². The van der Waals surface area contributed by atoms with E-state index in [1.807, 2.05) is 12.1 Å². The van der Waals surface area contributed by atoms with E-state index in [9.17, 15) is 4.79 Å². The number of carbonyl (C=O) groups excluding carboxylic acids is 1. The monoisotopic (exact) mass is 254 g/mol. The fraction of sp³-hybridized carbons (Fsp3) is 0.462. The smallest absolute Gasteiger partial charge is 0.224 e. The van der Waals surface area contributed by atoms with Gasteiger partial charge < -0.3 is 11.1 Å². The van der Waals surface area contributed by atoms with Gasteiger partial charge >= 0.3 is 0 Å². The molecule has 17 heavy (non-hydrogen) atoms. The van der Waals surface area contributed by atoms with E-state index >= 15 is 0 Å². The van der Waals surface area contributed by atoms with Gasteiger partial charge in [0.1, 0.15) is 0 Å². The van der Waals surface area contributed by atoms with E-state index in [4.69, 9.17) is 17.3 Å². The Labute approximate surface area is 107 Å². The topological polar surface area (TPSA) is 55.1 Å². The third-order valence-electron chi connectivity index (χ3n) is 2.61. The zero-order valence-electron chi connectivity index (χ0n) is 10.1. The highest BCUT2D eigenvalue weighted by Crippen LogP contribution is 2.16. The molecule has 1 aromatic carbocycles. The molecule has 0 bridgehead atoms. The third kappa shape index (κ3) is 5.20. The van der Waals surface area contributed by atoms with Crippen molar-refractivity contribution in [3.63, 3.8) is 0 Å². The molecule has 0 aliphatic carbocycles. The Morgan fingerprint density at radius 1 is 1.53 bits per heavy atom. The lowest BCUT2D eigenvalue weighted by Crippen LogP contribution is -2.22. The van der Waals surface area contributed by atoms with E-state index in [0.29, 0.717) is 18.0 Å². The van der Waals surface area contributed by atoms with Crippen molar-refractivity contribution in [1.29, 1.82) is 0 Å². The van der Waals surface area contributed by atoms with Crippen LogP contribution in [0, 0.1) is 5.92 Å². The fourth-order valence-corrected chi connectivity index (χ4v) is 1.94. The van der Waals surface area contributed by atoms with Gasteiger partial charge in [-0.15, -0.1) is 0 Å². The zero-order valence-corrected chi connectivity index (χ0v) is 10.8. The molecule has 3 N–H and O–H groups in total. The molecule has 0 heterocycles. The normalized spacial score (nSPS) is 12.2. The Morgan fingerprint density at radius 3 is 2.88 bits per heavy atom. The third-order valence-corrected chi connectivity index (χ3v) is 2.85. The van der Waals surface area contributed by atoms with Crippen molar-refractivity contribution in [1.82, 2.24) is 0 Å². The van der Waals surface area contributed by atoms with Crippen molar-refractivity contribution >= 4 is 23.2 Å². The van der Waals surface area contributed by atoms with Gasteiger partial charge in [-0.25, -0.2) is 0 Å². The van der Waals surface area contributed by atoms with Crippen LogP contribution < -0.4 is 11.1 Å². The Kier molecular flexibility index (Phi) is 6.01. The Bertz CT molecular complexity index is 368. The fourth-order valence-electron chi connectivity index (χ4n) is 1.75. The SMILES string of the molecule is CCCC(CN)CC(=O)Nc1cccc(Cl)c1. The predicted octanol–water partition coefficient (Wildman–Crippen LogP) is 3.04. The van der Waals surface area contributed by atoms with Gasteiger partial charge in [-0.1, -0.05) is 31.0 Å². The summed E-state index contributed by atoms with van der Waals surface area (Å²) in [6.07, 6.45) is 2.50. The molecule has 1 rings (SSSR count).